The number of amides is 1. The molecule has 2 rings (SSSR count). The highest BCUT2D eigenvalue weighted by atomic mass is 35.5. The van der Waals surface area contributed by atoms with Crippen molar-refractivity contribution in [1.82, 2.24) is 0 Å². The molecule has 0 radical (unpaired) electrons. The average molecular weight is 457 g/mol. The highest BCUT2D eigenvalue weighted by Crippen LogP contribution is 2.23. The van der Waals surface area contributed by atoms with Gasteiger partial charge in [0.1, 0.15) is 12.8 Å². The summed E-state index contributed by atoms with van der Waals surface area (Å²) in [6.07, 6.45) is -2.34. The maximum Gasteiger partial charge on any atom is 0.412 e. The number of nitrogens with zero attached hydrogens (tertiary/aromatic N) is 1. The summed E-state index contributed by atoms with van der Waals surface area (Å²) in [6.45, 7) is 6.52. The van der Waals surface area contributed by atoms with Gasteiger partial charge in [-0.25, -0.2) is 17.6 Å². The number of aryl methyl sites for hydroxylation is 1. The van der Waals surface area contributed by atoms with Crippen LogP contribution in [-0.4, -0.2) is 46.1 Å². The molecule has 9 heteroatoms. The Morgan fingerprint density at radius 2 is 1.80 bits per heavy atom. The van der Waals surface area contributed by atoms with Crippen LogP contribution < -0.4 is 10.2 Å². The van der Waals surface area contributed by atoms with Gasteiger partial charge in [0.2, 0.25) is 0 Å². The van der Waals surface area contributed by atoms with Gasteiger partial charge in [-0.15, -0.1) is 0 Å². The van der Waals surface area contributed by atoms with Gasteiger partial charge in [-0.1, -0.05) is 11.6 Å². The molecule has 0 fully saturated rings. The molecule has 1 atom stereocenters. The Morgan fingerprint density at radius 3 is 2.33 bits per heavy atom. The Kier molecular flexibility index (Phi) is 8.49. The van der Waals surface area contributed by atoms with Gasteiger partial charge < -0.3 is 9.64 Å². The summed E-state index contributed by atoms with van der Waals surface area (Å²) in [5.74, 6) is -0.668. The number of ether oxygens (including phenoxy) is 1. The first-order chi connectivity index (χ1) is 14.2. The van der Waals surface area contributed by atoms with E-state index in [1.807, 2.05) is 19.1 Å². The van der Waals surface area contributed by atoms with Crippen molar-refractivity contribution in [3.63, 3.8) is 0 Å². The van der Waals surface area contributed by atoms with Gasteiger partial charge in [-0.2, -0.15) is 0 Å². The van der Waals surface area contributed by atoms with E-state index in [0.29, 0.717) is 10.7 Å². The van der Waals surface area contributed by atoms with E-state index in [-0.39, 0.29) is 4.90 Å². The number of anilines is 2. The summed E-state index contributed by atoms with van der Waals surface area (Å²) in [6, 6.07) is 11.0. The van der Waals surface area contributed by atoms with Gasteiger partial charge >= 0.3 is 6.09 Å². The first-order valence-electron chi connectivity index (χ1n) is 9.57. The molecule has 0 bridgehead atoms. The van der Waals surface area contributed by atoms with Crippen LogP contribution in [0.1, 0.15) is 19.4 Å². The molecule has 0 aromatic heterocycles. The predicted octanol–water partition coefficient (Wildman–Crippen LogP) is 4.86. The number of sulfone groups is 1. The van der Waals surface area contributed by atoms with E-state index in [1.165, 1.54) is 24.3 Å². The van der Waals surface area contributed by atoms with Crippen molar-refractivity contribution < 1.29 is 22.3 Å². The van der Waals surface area contributed by atoms with Crippen LogP contribution in [0.2, 0.25) is 5.02 Å². The predicted molar refractivity (Wildman–Crippen MR) is 118 cm³/mol. The third-order valence-corrected chi connectivity index (χ3v) is 6.65. The zero-order valence-corrected chi connectivity index (χ0v) is 18.8. The quantitative estimate of drug-likeness (QED) is 0.583. The molecule has 2 aromatic rings. The van der Waals surface area contributed by atoms with Crippen molar-refractivity contribution in [2.75, 3.05) is 35.7 Å². The van der Waals surface area contributed by atoms with E-state index < -0.39 is 34.5 Å². The number of nitrogens with one attached hydrogen (secondary N) is 1. The van der Waals surface area contributed by atoms with Crippen LogP contribution in [0.4, 0.5) is 20.6 Å². The Morgan fingerprint density at radius 1 is 1.17 bits per heavy atom. The maximum absolute atomic E-state index is 13.4. The number of alkyl halides is 1. The third-order valence-electron chi connectivity index (χ3n) is 4.60. The lowest BCUT2D eigenvalue weighted by atomic mass is 10.1. The second-order valence-corrected chi connectivity index (χ2v) is 9.18. The summed E-state index contributed by atoms with van der Waals surface area (Å²) in [5.41, 5.74) is 2.34. The van der Waals surface area contributed by atoms with Gasteiger partial charge in [0.05, 0.1) is 10.6 Å². The van der Waals surface area contributed by atoms with Crippen molar-refractivity contribution in [3.05, 3.63) is 53.1 Å². The second-order valence-electron chi connectivity index (χ2n) is 6.71. The van der Waals surface area contributed by atoms with E-state index in [1.54, 1.807) is 6.07 Å². The molecule has 6 nitrogen and oxygen atoms in total. The molecule has 0 aliphatic carbocycles. The third kappa shape index (κ3) is 6.34. The lowest BCUT2D eigenvalue weighted by Crippen LogP contribution is -2.31. The highest BCUT2D eigenvalue weighted by molar-refractivity contribution is 7.91. The van der Waals surface area contributed by atoms with E-state index in [0.717, 1.165) is 24.3 Å². The topological polar surface area (TPSA) is 75.7 Å². The van der Waals surface area contributed by atoms with Crippen molar-refractivity contribution >= 4 is 38.9 Å². The van der Waals surface area contributed by atoms with Gasteiger partial charge in [-0.05, 0) is 68.8 Å². The summed E-state index contributed by atoms with van der Waals surface area (Å²) >= 11 is 5.76. The minimum Gasteiger partial charge on any atom is -0.442 e. The van der Waals surface area contributed by atoms with Crippen LogP contribution in [-0.2, 0) is 14.6 Å². The summed E-state index contributed by atoms with van der Waals surface area (Å²) in [7, 11) is -3.85. The van der Waals surface area contributed by atoms with Crippen molar-refractivity contribution in [1.29, 1.82) is 0 Å². The Bertz CT molecular complexity index is 963. The largest absolute Gasteiger partial charge is 0.442 e. The van der Waals surface area contributed by atoms with Crippen LogP contribution in [0.5, 0.6) is 0 Å². The van der Waals surface area contributed by atoms with Crippen LogP contribution in [0.3, 0.4) is 0 Å². The molecular formula is C21H26ClFN2O4S. The van der Waals surface area contributed by atoms with E-state index >= 15 is 0 Å². The van der Waals surface area contributed by atoms with Crippen molar-refractivity contribution in [3.8, 4) is 0 Å². The maximum atomic E-state index is 13.4. The molecule has 0 aliphatic rings. The van der Waals surface area contributed by atoms with Gasteiger partial charge in [-0.3, -0.25) is 5.32 Å². The molecule has 164 valence electrons. The standard InChI is InChI=1S/C21H26ClFN2O4S/c1-4-25(5-2)17-8-11-20(15(3)12-17)24-21(26)29-18(13-23)14-30(27,28)19-9-6-16(22)7-10-19/h6-12,18H,4-5,13-14H2,1-3H3,(H,24,26). The molecule has 2 aromatic carbocycles. The van der Waals surface area contributed by atoms with Gasteiger partial charge in [0, 0.05) is 29.5 Å². The number of hydrogen-bond acceptors (Lipinski definition) is 5. The molecular weight excluding hydrogens is 431 g/mol. The first-order valence-corrected chi connectivity index (χ1v) is 11.6. The molecule has 1 amide bonds. The van der Waals surface area contributed by atoms with Crippen molar-refractivity contribution in [2.45, 2.75) is 31.8 Å². The van der Waals surface area contributed by atoms with Crippen molar-refractivity contribution in [2.24, 2.45) is 0 Å². The second kappa shape index (κ2) is 10.6. The zero-order valence-electron chi connectivity index (χ0n) is 17.2. The molecule has 0 saturated carbocycles. The highest BCUT2D eigenvalue weighted by Gasteiger charge is 2.25. The van der Waals surface area contributed by atoms with E-state index in [4.69, 9.17) is 16.3 Å². The average Bonchev–Trinajstić information content (AvgIpc) is 2.70. The molecule has 1 unspecified atom stereocenters. The zero-order chi connectivity index (χ0) is 22.3. The van der Waals surface area contributed by atoms with Crippen LogP contribution in [0.15, 0.2) is 47.4 Å². The lowest BCUT2D eigenvalue weighted by Gasteiger charge is -2.22. The van der Waals surface area contributed by atoms with E-state index in [9.17, 15) is 17.6 Å². The van der Waals surface area contributed by atoms with Gasteiger partial charge in [0.25, 0.3) is 0 Å². The number of hydrogen-bond donors (Lipinski definition) is 1. The molecule has 0 aliphatic heterocycles. The number of benzene rings is 2. The Balaban J connectivity index is 2.04. The van der Waals surface area contributed by atoms with Gasteiger partial charge in [0.15, 0.2) is 9.84 Å². The first kappa shape index (κ1) is 24.0. The van der Waals surface area contributed by atoms with Crippen LogP contribution in [0, 0.1) is 6.92 Å². The number of halogens is 2. The Labute approximate surface area is 181 Å². The molecule has 0 heterocycles. The fraction of sp³-hybridized carbons (Fsp3) is 0.381. The smallest absolute Gasteiger partial charge is 0.412 e. The normalized spacial score (nSPS) is 12.3. The fourth-order valence-corrected chi connectivity index (χ4v) is 4.47. The minimum absolute atomic E-state index is 0.0165. The van der Waals surface area contributed by atoms with Crippen LogP contribution in [0.25, 0.3) is 0 Å². The molecule has 0 spiro atoms. The Hall–Kier alpha value is -2.32. The van der Waals surface area contributed by atoms with Crippen LogP contribution >= 0.6 is 11.6 Å². The monoisotopic (exact) mass is 456 g/mol. The number of rotatable bonds is 9. The molecule has 1 N–H and O–H groups in total. The number of carbonyl (C=O) groups is 1. The number of carbonyl (C=O) groups excluding carboxylic acids is 1. The molecule has 0 saturated heterocycles. The summed E-state index contributed by atoms with van der Waals surface area (Å²) < 4.78 is 43.3. The lowest BCUT2D eigenvalue weighted by molar-refractivity contribution is 0.105. The van der Waals surface area contributed by atoms with E-state index in [2.05, 4.69) is 24.1 Å². The minimum atomic E-state index is -3.85. The summed E-state index contributed by atoms with van der Waals surface area (Å²) in [4.78, 5) is 14.4. The summed E-state index contributed by atoms with van der Waals surface area (Å²) in [5, 5.41) is 2.93. The SMILES string of the molecule is CCN(CC)c1ccc(NC(=O)OC(CF)CS(=O)(=O)c2ccc(Cl)cc2)c(C)c1. The molecule has 30 heavy (non-hydrogen) atoms. The fourth-order valence-electron chi connectivity index (χ4n) is 2.96.